The van der Waals surface area contributed by atoms with E-state index in [9.17, 15) is 14.0 Å². The zero-order valence-corrected chi connectivity index (χ0v) is 15.1. The zero-order valence-electron chi connectivity index (χ0n) is 15.1. The minimum Gasteiger partial charge on any atom is -0.452 e. The molecular formula is C21H15FN4O3. The molecule has 8 heteroatoms. The predicted molar refractivity (Wildman–Crippen MR) is 104 cm³/mol. The number of aromatic nitrogens is 3. The topological polar surface area (TPSA) is 85.6 Å². The van der Waals surface area contributed by atoms with Gasteiger partial charge in [0.15, 0.2) is 12.3 Å². The molecule has 0 unspecified atom stereocenters. The highest BCUT2D eigenvalue weighted by Gasteiger charge is 2.18. The van der Waals surface area contributed by atoms with Gasteiger partial charge in [-0.05, 0) is 24.3 Å². The third-order valence-electron chi connectivity index (χ3n) is 4.13. The Kier molecular flexibility index (Phi) is 4.98. The maximum absolute atomic E-state index is 13.2. The summed E-state index contributed by atoms with van der Waals surface area (Å²) < 4.78 is 19.8. The van der Waals surface area contributed by atoms with Crippen LogP contribution >= 0.6 is 0 Å². The summed E-state index contributed by atoms with van der Waals surface area (Å²) in [4.78, 5) is 28.6. The maximum Gasteiger partial charge on any atom is 0.344 e. The Labute approximate surface area is 164 Å². The Morgan fingerprint density at radius 1 is 1.07 bits per heavy atom. The molecule has 0 bridgehead atoms. The summed E-state index contributed by atoms with van der Waals surface area (Å²) in [5, 5.41) is 6.69. The van der Waals surface area contributed by atoms with E-state index in [-0.39, 0.29) is 11.3 Å². The minimum absolute atomic E-state index is 0.140. The summed E-state index contributed by atoms with van der Waals surface area (Å²) in [6, 6.07) is 16.8. The average molecular weight is 390 g/mol. The van der Waals surface area contributed by atoms with Crippen LogP contribution in [0.15, 0.2) is 73.1 Å². The van der Waals surface area contributed by atoms with Gasteiger partial charge in [-0.3, -0.25) is 4.79 Å². The normalized spacial score (nSPS) is 10.7. The van der Waals surface area contributed by atoms with Crippen LogP contribution in [0.4, 0.5) is 10.1 Å². The molecule has 7 nitrogen and oxygen atoms in total. The standard InChI is InChI=1S/C21H15FN4O3/c22-15-7-4-8-16(11-15)25-19(27)13-29-21(28)17-12-24-26-18(9-10-23-20(17)26)14-5-2-1-3-6-14/h1-12H,13H2,(H,25,27). The van der Waals surface area contributed by atoms with Crippen LogP contribution < -0.4 is 5.32 Å². The highest BCUT2D eigenvalue weighted by molar-refractivity contribution is 5.98. The monoisotopic (exact) mass is 390 g/mol. The Bertz CT molecular complexity index is 1190. The molecule has 1 N–H and O–H groups in total. The van der Waals surface area contributed by atoms with E-state index in [1.807, 2.05) is 30.3 Å². The van der Waals surface area contributed by atoms with E-state index in [0.717, 1.165) is 11.3 Å². The van der Waals surface area contributed by atoms with E-state index in [4.69, 9.17) is 4.74 Å². The van der Waals surface area contributed by atoms with Crippen molar-refractivity contribution >= 4 is 23.2 Å². The molecule has 0 aliphatic carbocycles. The van der Waals surface area contributed by atoms with Gasteiger partial charge in [-0.1, -0.05) is 36.4 Å². The second kappa shape index (κ2) is 7.89. The van der Waals surface area contributed by atoms with Gasteiger partial charge in [-0.25, -0.2) is 18.7 Å². The van der Waals surface area contributed by atoms with E-state index in [1.54, 1.807) is 16.8 Å². The van der Waals surface area contributed by atoms with Gasteiger partial charge < -0.3 is 10.1 Å². The molecule has 144 valence electrons. The lowest BCUT2D eigenvalue weighted by atomic mass is 10.1. The molecule has 4 rings (SSSR count). The first-order chi connectivity index (χ1) is 14.1. The molecule has 0 saturated heterocycles. The maximum atomic E-state index is 13.2. The Morgan fingerprint density at radius 3 is 2.69 bits per heavy atom. The quantitative estimate of drug-likeness (QED) is 0.529. The Hall–Kier alpha value is -4.07. The first-order valence-electron chi connectivity index (χ1n) is 8.72. The van der Waals surface area contributed by atoms with Crippen LogP contribution in [0.3, 0.4) is 0 Å². The lowest BCUT2D eigenvalue weighted by molar-refractivity contribution is -0.119. The third kappa shape index (κ3) is 3.96. The molecule has 0 fully saturated rings. The lowest BCUT2D eigenvalue weighted by Crippen LogP contribution is -2.21. The van der Waals surface area contributed by atoms with Crippen molar-refractivity contribution < 1.29 is 18.7 Å². The number of amides is 1. The predicted octanol–water partition coefficient (Wildman–Crippen LogP) is 3.33. The van der Waals surface area contributed by atoms with Gasteiger partial charge in [0, 0.05) is 17.4 Å². The number of hydrogen-bond donors (Lipinski definition) is 1. The van der Waals surface area contributed by atoms with Crippen LogP contribution in [0, 0.1) is 5.82 Å². The molecule has 0 saturated carbocycles. The summed E-state index contributed by atoms with van der Waals surface area (Å²) >= 11 is 0. The Balaban J connectivity index is 1.48. The van der Waals surface area contributed by atoms with Crippen LogP contribution in [0.25, 0.3) is 16.9 Å². The summed E-state index contributed by atoms with van der Waals surface area (Å²) in [5.41, 5.74) is 2.41. The number of anilines is 1. The van der Waals surface area contributed by atoms with E-state index < -0.39 is 24.3 Å². The minimum atomic E-state index is -0.730. The summed E-state index contributed by atoms with van der Waals surface area (Å²) in [6.45, 7) is -0.523. The first kappa shape index (κ1) is 18.3. The van der Waals surface area contributed by atoms with Gasteiger partial charge in [0.2, 0.25) is 0 Å². The fourth-order valence-corrected chi connectivity index (χ4v) is 2.84. The fraction of sp³-hybridized carbons (Fsp3) is 0.0476. The van der Waals surface area contributed by atoms with Crippen molar-refractivity contribution in [3.05, 3.63) is 84.4 Å². The number of hydrogen-bond acceptors (Lipinski definition) is 5. The van der Waals surface area contributed by atoms with E-state index in [2.05, 4.69) is 15.4 Å². The Morgan fingerprint density at radius 2 is 1.90 bits per heavy atom. The second-order valence-electron chi connectivity index (χ2n) is 6.12. The number of fused-ring (bicyclic) bond motifs is 1. The molecule has 29 heavy (non-hydrogen) atoms. The lowest BCUT2D eigenvalue weighted by Gasteiger charge is -2.07. The first-order valence-corrected chi connectivity index (χ1v) is 8.72. The number of benzene rings is 2. The molecule has 2 heterocycles. The SMILES string of the molecule is O=C(COC(=O)c1cnn2c(-c3ccccc3)ccnc12)Nc1cccc(F)c1. The van der Waals surface area contributed by atoms with Crippen molar-refractivity contribution in [2.24, 2.45) is 0 Å². The molecule has 0 radical (unpaired) electrons. The molecular weight excluding hydrogens is 375 g/mol. The third-order valence-corrected chi connectivity index (χ3v) is 4.13. The number of esters is 1. The second-order valence-corrected chi connectivity index (χ2v) is 6.12. The smallest absolute Gasteiger partial charge is 0.344 e. The summed E-state index contributed by atoms with van der Waals surface area (Å²) in [7, 11) is 0. The molecule has 0 spiro atoms. The largest absolute Gasteiger partial charge is 0.452 e. The molecule has 0 aliphatic heterocycles. The van der Waals surface area contributed by atoms with Gasteiger partial charge in [-0.15, -0.1) is 0 Å². The van der Waals surface area contributed by atoms with Crippen molar-refractivity contribution in [2.45, 2.75) is 0 Å². The van der Waals surface area contributed by atoms with E-state index in [0.29, 0.717) is 5.65 Å². The van der Waals surface area contributed by atoms with Crippen LogP contribution in [-0.4, -0.2) is 33.1 Å². The van der Waals surface area contributed by atoms with Crippen molar-refractivity contribution in [1.29, 1.82) is 0 Å². The number of halogens is 1. The van der Waals surface area contributed by atoms with Crippen LogP contribution in [0.1, 0.15) is 10.4 Å². The van der Waals surface area contributed by atoms with Crippen LogP contribution in [0.5, 0.6) is 0 Å². The molecule has 0 atom stereocenters. The van der Waals surface area contributed by atoms with E-state index in [1.165, 1.54) is 30.5 Å². The molecule has 2 aromatic heterocycles. The molecule has 0 aliphatic rings. The van der Waals surface area contributed by atoms with Gasteiger partial charge >= 0.3 is 5.97 Å². The highest BCUT2D eigenvalue weighted by atomic mass is 19.1. The summed E-state index contributed by atoms with van der Waals surface area (Å²) in [5.74, 6) is -1.79. The molecule has 4 aromatic rings. The van der Waals surface area contributed by atoms with Crippen molar-refractivity contribution in [3.8, 4) is 11.3 Å². The molecule has 1 amide bonds. The van der Waals surface area contributed by atoms with Gasteiger partial charge in [0.05, 0.1) is 11.9 Å². The number of ether oxygens (including phenoxy) is 1. The van der Waals surface area contributed by atoms with Crippen LogP contribution in [-0.2, 0) is 9.53 Å². The van der Waals surface area contributed by atoms with Crippen molar-refractivity contribution in [2.75, 3.05) is 11.9 Å². The fourth-order valence-electron chi connectivity index (χ4n) is 2.84. The average Bonchev–Trinajstić information content (AvgIpc) is 3.17. The summed E-state index contributed by atoms with van der Waals surface area (Å²) in [6.07, 6.45) is 2.92. The van der Waals surface area contributed by atoms with Crippen molar-refractivity contribution in [3.63, 3.8) is 0 Å². The number of carbonyl (C=O) groups excluding carboxylic acids is 2. The van der Waals surface area contributed by atoms with E-state index >= 15 is 0 Å². The number of rotatable bonds is 5. The van der Waals surface area contributed by atoms with Crippen molar-refractivity contribution in [1.82, 2.24) is 14.6 Å². The van der Waals surface area contributed by atoms with Crippen LogP contribution in [0.2, 0.25) is 0 Å². The number of carbonyl (C=O) groups is 2. The number of nitrogens with one attached hydrogen (secondary N) is 1. The van der Waals surface area contributed by atoms with Gasteiger partial charge in [0.1, 0.15) is 11.4 Å². The zero-order chi connectivity index (χ0) is 20.2. The number of nitrogens with zero attached hydrogens (tertiary/aromatic N) is 3. The van der Waals surface area contributed by atoms with Gasteiger partial charge in [-0.2, -0.15) is 5.10 Å². The van der Waals surface area contributed by atoms with Gasteiger partial charge in [0.25, 0.3) is 5.91 Å². The highest BCUT2D eigenvalue weighted by Crippen LogP contribution is 2.21. The molecule has 2 aromatic carbocycles.